The van der Waals surface area contributed by atoms with Crippen LogP contribution in [0.5, 0.6) is 0 Å². The average molecular weight is 1440 g/mol. The molecular weight excluding hydrogens is 1370 g/mol. The fraction of sp³-hybridized carbons (Fsp3) is 0.111. The molecule has 7 aliphatic rings. The van der Waals surface area contributed by atoms with Gasteiger partial charge in [-0.25, -0.2) is 0 Å². The van der Waals surface area contributed by atoms with Crippen LogP contribution in [-0.2, 0) is 27.1 Å². The largest absolute Gasteiger partial charge is 0.455 e. The highest BCUT2D eigenvalue weighted by molar-refractivity contribution is 6.35. The van der Waals surface area contributed by atoms with Crippen LogP contribution in [-0.4, -0.2) is 4.57 Å². The van der Waals surface area contributed by atoms with E-state index in [-0.39, 0.29) is 0 Å². The van der Waals surface area contributed by atoms with Crippen molar-refractivity contribution >= 4 is 99.8 Å². The molecule has 1 unspecified atom stereocenters. The first-order chi connectivity index (χ1) is 55.3. The van der Waals surface area contributed by atoms with Gasteiger partial charge in [-0.15, -0.1) is 0 Å². The smallest absolute Gasteiger partial charge is 0.147 e. The minimum absolute atomic E-state index is 0.410. The predicted octanol–water partition coefficient (Wildman–Crippen LogP) is 28.4. The third-order valence-corrected chi connectivity index (χ3v) is 28.3. The van der Waals surface area contributed by atoms with Crippen molar-refractivity contribution in [1.29, 1.82) is 0 Å². The monoisotopic (exact) mass is 1440 g/mol. The van der Waals surface area contributed by atoms with Crippen molar-refractivity contribution in [3.05, 3.63) is 388 Å². The van der Waals surface area contributed by atoms with Gasteiger partial charge in [-0.2, -0.15) is 0 Å². The Hall–Kier alpha value is -13.5. The summed E-state index contributed by atoms with van der Waals surface area (Å²) >= 11 is 0. The zero-order valence-corrected chi connectivity index (χ0v) is 63.7. The number of para-hydroxylation sites is 2. The summed E-state index contributed by atoms with van der Waals surface area (Å²) in [5, 5.41) is 6.12. The zero-order valence-electron chi connectivity index (χ0n) is 63.7. The Bertz CT molecular complexity index is 7500. The topological polar surface area (TPSA) is 37.7 Å². The SMILES string of the molecule is CC1(C)c2ccccc2-c2cccc(N(c3cccc4c3C(C)(C)c3ccccc3-4)c3cc4c(c5oc6ccccc6c35)c3c5oc6ccccc6c5c(N5c6cccc7c6C(C)(c6ccccc6-7)c6ccc7c(c65)C(C)(C)c5ccccc5-7)cc3n4-c3cccc4c3-c3ccccc3C43c4ccccc4-c4ccccc43)c21. The summed E-state index contributed by atoms with van der Waals surface area (Å²) in [7, 11) is 0. The molecule has 5 nitrogen and oxygen atoms in total. The Labute approximate surface area is 654 Å². The molecule has 0 bridgehead atoms. The molecule has 1 spiro atoms. The van der Waals surface area contributed by atoms with Gasteiger partial charge in [0.2, 0.25) is 0 Å². The van der Waals surface area contributed by atoms with E-state index < -0.39 is 27.1 Å². The van der Waals surface area contributed by atoms with Crippen molar-refractivity contribution in [3.63, 3.8) is 0 Å². The maximum atomic E-state index is 8.01. The van der Waals surface area contributed by atoms with Crippen LogP contribution in [0.1, 0.15) is 121 Å². The zero-order chi connectivity index (χ0) is 74.8. The molecule has 0 N–H and O–H groups in total. The van der Waals surface area contributed by atoms with Gasteiger partial charge in [-0.05, 0) is 189 Å². The number of anilines is 6. The van der Waals surface area contributed by atoms with Gasteiger partial charge in [-0.1, -0.05) is 308 Å². The molecule has 0 radical (unpaired) electrons. The van der Waals surface area contributed by atoms with Crippen molar-refractivity contribution in [2.75, 3.05) is 9.80 Å². The van der Waals surface area contributed by atoms with E-state index >= 15 is 0 Å². The Balaban J connectivity index is 0.877. The summed E-state index contributed by atoms with van der Waals surface area (Å²) in [6.45, 7) is 17.2. The van der Waals surface area contributed by atoms with Gasteiger partial charge < -0.3 is 23.2 Å². The summed E-state index contributed by atoms with van der Waals surface area (Å²) in [6, 6.07) is 121. The molecule has 5 heteroatoms. The number of hydrogen-bond donors (Lipinski definition) is 0. The standard InChI is InChI=1S/C108H73N3O2/c1-104(2)73-42-17-8-32-62(73)66-39-26-51-83(97(66)104)110(84-52-27-40-67-63-33-9-18-43-74(63)105(3,4)98(67)84)86-58-88-95(102-93(86)71-37-15-24-54-90(71)112-102)96-89(109(88)82-50-29-49-80-92(82)70-36-14-23-48-79(70)108(80)77-46-21-12-30-60(77)61-31-13-22-47-78(61)108)59-87(94-72-38-16-25-55-91(72)113-103(94)96)111-85-53-28-41-68-65-35-11-20-45-76(65)107(7,99(68)85)81-57-56-69-64-34-10-19-44-75(64)106(5,6)100(69)101(81)111/h8-59H,1-7H3. The van der Waals surface area contributed by atoms with Crippen molar-refractivity contribution in [2.45, 2.75) is 75.5 Å². The molecule has 1 aliphatic heterocycles. The number of benzene rings is 16. The van der Waals surface area contributed by atoms with Crippen LogP contribution in [0.15, 0.2) is 324 Å². The number of nitrogens with zero attached hydrogens (tertiary/aromatic N) is 3. The lowest BCUT2D eigenvalue weighted by atomic mass is 9.68. The molecule has 26 rings (SSSR count). The highest BCUT2D eigenvalue weighted by Gasteiger charge is 2.55. The molecule has 6 aliphatic carbocycles. The number of aromatic nitrogens is 1. The number of fused-ring (bicyclic) bond motifs is 36. The summed E-state index contributed by atoms with van der Waals surface area (Å²) in [5.41, 5.74) is 42.6. The molecule has 16 aromatic carbocycles. The van der Waals surface area contributed by atoms with E-state index in [1.165, 1.54) is 145 Å². The second kappa shape index (κ2) is 20.9. The molecule has 3 aromatic heterocycles. The first kappa shape index (κ1) is 62.3. The third-order valence-electron chi connectivity index (χ3n) is 28.3. The van der Waals surface area contributed by atoms with Crippen LogP contribution in [0, 0.1) is 0 Å². The van der Waals surface area contributed by atoms with Crippen molar-refractivity contribution < 1.29 is 8.83 Å². The Morgan fingerprint density at radius 2 is 0.655 bits per heavy atom. The highest BCUT2D eigenvalue weighted by atomic mass is 16.3. The van der Waals surface area contributed by atoms with E-state index in [4.69, 9.17) is 8.83 Å². The van der Waals surface area contributed by atoms with Gasteiger partial charge in [0.15, 0.2) is 0 Å². The molecule has 0 saturated carbocycles. The van der Waals surface area contributed by atoms with Gasteiger partial charge in [-0.3, -0.25) is 0 Å². The lowest BCUT2D eigenvalue weighted by molar-refractivity contribution is 0.647. The molecule has 0 fully saturated rings. The Morgan fingerprint density at radius 3 is 1.22 bits per heavy atom. The van der Waals surface area contributed by atoms with Crippen molar-refractivity contribution in [1.82, 2.24) is 4.57 Å². The maximum Gasteiger partial charge on any atom is 0.147 e. The summed E-state index contributed by atoms with van der Waals surface area (Å²) in [6.07, 6.45) is 0. The normalized spacial score (nSPS) is 16.8. The molecule has 0 amide bonds. The van der Waals surface area contributed by atoms with Gasteiger partial charge in [0.25, 0.3) is 0 Å². The lowest BCUT2D eigenvalue weighted by Gasteiger charge is -2.45. The second-order valence-electron chi connectivity index (χ2n) is 34.4. The van der Waals surface area contributed by atoms with Gasteiger partial charge in [0.05, 0.1) is 77.8 Å². The van der Waals surface area contributed by atoms with E-state index in [2.05, 4.69) is 378 Å². The lowest BCUT2D eigenvalue weighted by Crippen LogP contribution is -2.34. The summed E-state index contributed by atoms with van der Waals surface area (Å²) in [5.74, 6) is 0. The van der Waals surface area contributed by atoms with Crippen LogP contribution in [0.2, 0.25) is 0 Å². The minimum Gasteiger partial charge on any atom is -0.455 e. The van der Waals surface area contributed by atoms with E-state index in [1.54, 1.807) is 0 Å². The average Bonchev–Trinajstić information content (AvgIpc) is 1.51. The van der Waals surface area contributed by atoms with E-state index in [0.717, 1.165) is 99.8 Å². The quantitative estimate of drug-likeness (QED) is 0.172. The van der Waals surface area contributed by atoms with Crippen molar-refractivity contribution in [2.24, 2.45) is 0 Å². The molecule has 113 heavy (non-hydrogen) atoms. The van der Waals surface area contributed by atoms with E-state index in [9.17, 15) is 0 Å². The van der Waals surface area contributed by atoms with Crippen LogP contribution < -0.4 is 9.80 Å². The van der Waals surface area contributed by atoms with E-state index in [1.807, 2.05) is 0 Å². The van der Waals surface area contributed by atoms with Gasteiger partial charge >= 0.3 is 0 Å². The number of furan rings is 2. The second-order valence-corrected chi connectivity index (χ2v) is 34.4. The van der Waals surface area contributed by atoms with Crippen LogP contribution in [0.25, 0.3) is 138 Å². The maximum absolute atomic E-state index is 8.01. The Kier molecular flexibility index (Phi) is 11.5. The van der Waals surface area contributed by atoms with Gasteiger partial charge in [0, 0.05) is 38.0 Å². The van der Waals surface area contributed by atoms with Crippen LogP contribution in [0.4, 0.5) is 34.1 Å². The van der Waals surface area contributed by atoms with E-state index in [0.29, 0.717) is 0 Å². The first-order valence-electron chi connectivity index (χ1n) is 40.1. The third kappa shape index (κ3) is 7.22. The Morgan fingerprint density at radius 1 is 0.265 bits per heavy atom. The molecule has 0 saturated heterocycles. The fourth-order valence-corrected chi connectivity index (χ4v) is 23.9. The fourth-order valence-electron chi connectivity index (χ4n) is 23.9. The summed E-state index contributed by atoms with van der Waals surface area (Å²) in [4.78, 5) is 5.41. The molecule has 19 aromatic rings. The molecule has 4 heterocycles. The number of hydrogen-bond acceptors (Lipinski definition) is 4. The van der Waals surface area contributed by atoms with Crippen LogP contribution in [0.3, 0.4) is 0 Å². The van der Waals surface area contributed by atoms with Crippen molar-refractivity contribution in [3.8, 4) is 72.4 Å². The molecular formula is C108H73N3O2. The van der Waals surface area contributed by atoms with Crippen LogP contribution >= 0.6 is 0 Å². The minimum atomic E-state index is -0.644. The van der Waals surface area contributed by atoms with Gasteiger partial charge in [0.1, 0.15) is 22.3 Å². The summed E-state index contributed by atoms with van der Waals surface area (Å²) < 4.78 is 18.7. The molecule has 1 atom stereocenters. The number of rotatable bonds is 5. The molecule has 532 valence electrons. The highest BCUT2D eigenvalue weighted by Crippen LogP contribution is 2.70. The first-order valence-corrected chi connectivity index (χ1v) is 40.1. The predicted molar refractivity (Wildman–Crippen MR) is 465 cm³/mol.